The summed E-state index contributed by atoms with van der Waals surface area (Å²) >= 11 is 0. The van der Waals surface area contributed by atoms with Gasteiger partial charge in [0.2, 0.25) is 0 Å². The van der Waals surface area contributed by atoms with Gasteiger partial charge in [-0.1, -0.05) is 106 Å². The third-order valence-electron chi connectivity index (χ3n) is 6.79. The first kappa shape index (κ1) is 24.0. The molecule has 0 bridgehead atoms. The van der Waals surface area contributed by atoms with Gasteiger partial charge in [-0.05, 0) is 43.4 Å². The highest BCUT2D eigenvalue weighted by atomic mass is 16.2. The van der Waals surface area contributed by atoms with E-state index >= 15 is 0 Å². The second-order valence-corrected chi connectivity index (χ2v) is 9.30. The van der Waals surface area contributed by atoms with Gasteiger partial charge in [-0.15, -0.1) is 0 Å². The highest BCUT2D eigenvalue weighted by Gasteiger charge is 2.30. The first-order valence-corrected chi connectivity index (χ1v) is 12.3. The molecule has 3 rings (SSSR count). The van der Waals surface area contributed by atoms with Crippen molar-refractivity contribution in [2.45, 2.75) is 89.9 Å². The number of urea groups is 1. The van der Waals surface area contributed by atoms with Crippen molar-refractivity contribution in [2.24, 2.45) is 5.10 Å². The lowest BCUT2D eigenvalue weighted by Crippen LogP contribution is -2.31. The van der Waals surface area contributed by atoms with E-state index in [1.807, 2.05) is 38.3 Å². The van der Waals surface area contributed by atoms with Crippen molar-refractivity contribution in [1.29, 1.82) is 0 Å². The highest BCUT2D eigenvalue weighted by Crippen LogP contribution is 2.35. The van der Waals surface area contributed by atoms with E-state index in [2.05, 4.69) is 46.2 Å². The summed E-state index contributed by atoms with van der Waals surface area (Å²) in [4.78, 5) is 12.6. The van der Waals surface area contributed by atoms with Crippen LogP contribution in [0, 0.1) is 13.8 Å². The van der Waals surface area contributed by atoms with Gasteiger partial charge in [0.1, 0.15) is 0 Å². The Bertz CT molecular complexity index is 843. The van der Waals surface area contributed by atoms with Gasteiger partial charge in [-0.2, -0.15) is 5.10 Å². The molecule has 2 amide bonds. The van der Waals surface area contributed by atoms with E-state index in [0.29, 0.717) is 0 Å². The molecular formula is C28H39N3O. The van der Waals surface area contributed by atoms with Crippen LogP contribution in [-0.4, -0.2) is 12.2 Å². The van der Waals surface area contributed by atoms with E-state index in [0.717, 1.165) is 29.7 Å². The lowest BCUT2D eigenvalue weighted by Gasteiger charge is -2.31. The van der Waals surface area contributed by atoms with Gasteiger partial charge in [0, 0.05) is 17.3 Å². The summed E-state index contributed by atoms with van der Waals surface area (Å²) in [6.45, 7) is 4.00. The molecule has 0 aromatic heterocycles. The van der Waals surface area contributed by atoms with E-state index in [4.69, 9.17) is 0 Å². The van der Waals surface area contributed by atoms with Crippen LogP contribution in [0.2, 0.25) is 0 Å². The SMILES string of the molecule is Cc1cccc(C)c1NC(=O)NN=CC1(c2ccccc2)CCCCCCCCCCC1. The van der Waals surface area contributed by atoms with Crippen molar-refractivity contribution in [3.05, 3.63) is 65.2 Å². The number of hydrogen-bond acceptors (Lipinski definition) is 2. The number of amides is 2. The van der Waals surface area contributed by atoms with Crippen LogP contribution in [0.5, 0.6) is 0 Å². The molecule has 1 aliphatic carbocycles. The fraction of sp³-hybridized carbons (Fsp3) is 0.500. The summed E-state index contributed by atoms with van der Waals surface area (Å²) in [5.74, 6) is 0. The minimum atomic E-state index is -0.296. The predicted octanol–water partition coefficient (Wildman–Crippen LogP) is 7.65. The molecule has 2 aromatic carbocycles. The van der Waals surface area contributed by atoms with E-state index in [9.17, 15) is 4.79 Å². The van der Waals surface area contributed by atoms with Gasteiger partial charge in [-0.3, -0.25) is 0 Å². The molecule has 0 saturated heterocycles. The van der Waals surface area contributed by atoms with Crippen molar-refractivity contribution in [3.8, 4) is 0 Å². The number of para-hydroxylation sites is 1. The molecule has 4 nitrogen and oxygen atoms in total. The van der Waals surface area contributed by atoms with E-state index < -0.39 is 0 Å². The second kappa shape index (κ2) is 12.4. The number of hydrazone groups is 1. The lowest BCUT2D eigenvalue weighted by atomic mass is 9.73. The Kier molecular flexibility index (Phi) is 9.33. The number of nitrogens with zero attached hydrogens (tertiary/aromatic N) is 1. The number of hydrogen-bond donors (Lipinski definition) is 2. The van der Waals surface area contributed by atoms with Crippen molar-refractivity contribution in [1.82, 2.24) is 5.43 Å². The minimum absolute atomic E-state index is 0.133. The van der Waals surface area contributed by atoms with Crippen molar-refractivity contribution in [2.75, 3.05) is 5.32 Å². The molecular weight excluding hydrogens is 394 g/mol. The predicted molar refractivity (Wildman–Crippen MR) is 135 cm³/mol. The average molecular weight is 434 g/mol. The molecule has 0 heterocycles. The molecule has 0 atom stereocenters. The summed E-state index contributed by atoms with van der Waals surface area (Å²) in [7, 11) is 0. The van der Waals surface area contributed by atoms with Crippen LogP contribution < -0.4 is 10.7 Å². The maximum atomic E-state index is 12.6. The molecule has 1 aliphatic rings. The zero-order valence-corrected chi connectivity index (χ0v) is 19.8. The first-order chi connectivity index (χ1) is 15.6. The Balaban J connectivity index is 1.75. The molecule has 0 radical (unpaired) electrons. The molecule has 1 fully saturated rings. The van der Waals surface area contributed by atoms with Gasteiger partial charge >= 0.3 is 6.03 Å². The van der Waals surface area contributed by atoms with E-state index in [1.165, 1.54) is 63.4 Å². The summed E-state index contributed by atoms with van der Waals surface area (Å²) < 4.78 is 0. The Morgan fingerprint density at radius 2 is 1.31 bits per heavy atom. The standard InChI is InChI=1S/C28H39N3O/c1-23-16-15-17-24(2)26(23)30-27(32)31-29-22-28(25-18-11-10-12-19-25)20-13-8-6-4-3-5-7-9-14-21-28/h10-12,15-19,22H,3-9,13-14,20-21H2,1-2H3,(H2,30,31,32). The number of aryl methyl sites for hydroxylation is 2. The summed E-state index contributed by atoms with van der Waals surface area (Å²) in [6.07, 6.45) is 15.8. The number of nitrogens with one attached hydrogen (secondary N) is 2. The van der Waals surface area contributed by atoms with Gasteiger partial charge in [0.25, 0.3) is 0 Å². The molecule has 32 heavy (non-hydrogen) atoms. The fourth-order valence-electron chi connectivity index (χ4n) is 4.87. The molecule has 172 valence electrons. The summed E-state index contributed by atoms with van der Waals surface area (Å²) in [6, 6.07) is 16.4. The minimum Gasteiger partial charge on any atom is -0.306 e. The van der Waals surface area contributed by atoms with E-state index in [1.54, 1.807) is 0 Å². The zero-order valence-electron chi connectivity index (χ0n) is 19.8. The molecule has 0 spiro atoms. The maximum Gasteiger partial charge on any atom is 0.339 e. The number of anilines is 1. The van der Waals surface area contributed by atoms with Gasteiger partial charge < -0.3 is 5.32 Å². The van der Waals surface area contributed by atoms with Gasteiger partial charge in [0.15, 0.2) is 0 Å². The van der Waals surface area contributed by atoms with Crippen molar-refractivity contribution < 1.29 is 4.79 Å². The van der Waals surface area contributed by atoms with Crippen LogP contribution in [0.15, 0.2) is 53.6 Å². The van der Waals surface area contributed by atoms with Crippen molar-refractivity contribution in [3.63, 3.8) is 0 Å². The lowest BCUT2D eigenvalue weighted by molar-refractivity contribution is 0.252. The number of carbonyl (C=O) groups excluding carboxylic acids is 1. The van der Waals surface area contributed by atoms with E-state index in [-0.39, 0.29) is 11.4 Å². The quantitative estimate of drug-likeness (QED) is 0.377. The van der Waals surface area contributed by atoms with Crippen LogP contribution in [0.25, 0.3) is 0 Å². The van der Waals surface area contributed by atoms with Crippen LogP contribution in [0.3, 0.4) is 0 Å². The molecule has 2 N–H and O–H groups in total. The fourth-order valence-corrected chi connectivity index (χ4v) is 4.87. The number of benzene rings is 2. The van der Waals surface area contributed by atoms with Crippen LogP contribution in [0.1, 0.15) is 87.3 Å². The van der Waals surface area contributed by atoms with Crippen LogP contribution >= 0.6 is 0 Å². The third-order valence-corrected chi connectivity index (χ3v) is 6.79. The topological polar surface area (TPSA) is 53.5 Å². The Labute approximate surface area is 193 Å². The Hall–Kier alpha value is -2.62. The van der Waals surface area contributed by atoms with Crippen LogP contribution in [0.4, 0.5) is 10.5 Å². The highest BCUT2D eigenvalue weighted by molar-refractivity contribution is 5.91. The average Bonchev–Trinajstić information content (AvgIpc) is 2.79. The maximum absolute atomic E-state index is 12.6. The Morgan fingerprint density at radius 1 is 0.781 bits per heavy atom. The normalized spacial score (nSPS) is 17.8. The Morgan fingerprint density at radius 3 is 1.88 bits per heavy atom. The first-order valence-electron chi connectivity index (χ1n) is 12.3. The van der Waals surface area contributed by atoms with Gasteiger partial charge in [-0.25, -0.2) is 10.2 Å². The smallest absolute Gasteiger partial charge is 0.306 e. The molecule has 2 aromatic rings. The molecule has 1 saturated carbocycles. The molecule has 0 aliphatic heterocycles. The molecule has 4 heteroatoms. The summed E-state index contributed by atoms with van der Waals surface area (Å²) in [5, 5.41) is 7.44. The summed E-state index contributed by atoms with van der Waals surface area (Å²) in [5.41, 5.74) is 6.85. The van der Waals surface area contributed by atoms with Gasteiger partial charge in [0.05, 0.1) is 0 Å². The second-order valence-electron chi connectivity index (χ2n) is 9.30. The number of rotatable bonds is 4. The third kappa shape index (κ3) is 6.94. The van der Waals surface area contributed by atoms with Crippen LogP contribution in [-0.2, 0) is 5.41 Å². The monoisotopic (exact) mass is 433 g/mol. The van der Waals surface area contributed by atoms with Crippen molar-refractivity contribution >= 4 is 17.9 Å². The number of carbonyl (C=O) groups is 1. The largest absolute Gasteiger partial charge is 0.339 e. The zero-order chi connectivity index (χ0) is 22.7. The molecule has 0 unspecified atom stereocenters.